The number of phenols is 2. The first kappa shape index (κ1) is 14.5. The summed E-state index contributed by atoms with van der Waals surface area (Å²) in [5, 5.41) is 18.6. The monoisotopic (exact) mass is 277 g/mol. The summed E-state index contributed by atoms with van der Waals surface area (Å²) in [7, 11) is 0. The highest BCUT2D eigenvalue weighted by Gasteiger charge is 2.27. The van der Waals surface area contributed by atoms with Crippen LogP contribution >= 0.6 is 0 Å². The van der Waals surface area contributed by atoms with Crippen molar-refractivity contribution >= 4 is 11.6 Å². The zero-order valence-corrected chi connectivity index (χ0v) is 11.5. The number of carbonyl (C=O) groups is 2. The normalized spacial score (nSPS) is 20.1. The summed E-state index contributed by atoms with van der Waals surface area (Å²) in [5.74, 6) is -0.361. The van der Waals surface area contributed by atoms with Gasteiger partial charge in [0.1, 0.15) is 5.78 Å². The fourth-order valence-electron chi connectivity index (χ4n) is 2.47. The summed E-state index contributed by atoms with van der Waals surface area (Å²) >= 11 is 0. The first-order valence-electron chi connectivity index (χ1n) is 6.81. The van der Waals surface area contributed by atoms with Crippen molar-refractivity contribution in [3.63, 3.8) is 0 Å². The SMILES string of the molecule is CCC1CN(CC(=O)c2ccc(O)c(O)c2)CCC1=O. The first-order chi connectivity index (χ1) is 9.51. The van der Waals surface area contributed by atoms with E-state index in [0.717, 1.165) is 6.42 Å². The Morgan fingerprint density at radius 1 is 1.35 bits per heavy atom. The smallest absolute Gasteiger partial charge is 0.176 e. The maximum Gasteiger partial charge on any atom is 0.176 e. The topological polar surface area (TPSA) is 77.8 Å². The Bertz CT molecular complexity index is 527. The van der Waals surface area contributed by atoms with Crippen molar-refractivity contribution in [2.24, 2.45) is 5.92 Å². The Morgan fingerprint density at radius 2 is 2.10 bits per heavy atom. The summed E-state index contributed by atoms with van der Waals surface area (Å²) in [6, 6.07) is 4.06. The standard InChI is InChI=1S/C15H19NO4/c1-2-10-8-16(6-5-12(10)17)9-15(20)11-3-4-13(18)14(19)7-11/h3-4,7,10,18-19H,2,5-6,8-9H2,1H3. The summed E-state index contributed by atoms with van der Waals surface area (Å²) in [4.78, 5) is 25.7. The van der Waals surface area contributed by atoms with E-state index in [2.05, 4.69) is 0 Å². The third-order valence-electron chi connectivity index (χ3n) is 3.77. The van der Waals surface area contributed by atoms with Crippen molar-refractivity contribution in [1.29, 1.82) is 0 Å². The maximum atomic E-state index is 12.1. The lowest BCUT2D eigenvalue weighted by molar-refractivity contribution is -0.126. The van der Waals surface area contributed by atoms with Gasteiger partial charge in [0.15, 0.2) is 17.3 Å². The summed E-state index contributed by atoms with van der Waals surface area (Å²) in [5.41, 5.74) is 0.366. The Hall–Kier alpha value is -1.88. The predicted octanol–water partition coefficient (Wildman–Crippen LogP) is 1.58. The van der Waals surface area contributed by atoms with Crippen LogP contribution in [0.15, 0.2) is 18.2 Å². The van der Waals surface area contributed by atoms with Crippen molar-refractivity contribution in [1.82, 2.24) is 4.90 Å². The van der Waals surface area contributed by atoms with Crippen molar-refractivity contribution in [2.45, 2.75) is 19.8 Å². The molecule has 2 rings (SSSR count). The van der Waals surface area contributed by atoms with Crippen molar-refractivity contribution in [2.75, 3.05) is 19.6 Å². The number of rotatable bonds is 4. The average molecular weight is 277 g/mol. The van der Waals surface area contributed by atoms with E-state index in [9.17, 15) is 19.8 Å². The highest BCUT2D eigenvalue weighted by molar-refractivity contribution is 5.98. The zero-order chi connectivity index (χ0) is 14.7. The molecule has 5 nitrogen and oxygen atoms in total. The number of piperidine rings is 1. The quantitative estimate of drug-likeness (QED) is 0.645. The Morgan fingerprint density at radius 3 is 2.75 bits per heavy atom. The lowest BCUT2D eigenvalue weighted by Gasteiger charge is -2.30. The molecular weight excluding hydrogens is 258 g/mol. The largest absolute Gasteiger partial charge is 0.504 e. The van der Waals surface area contributed by atoms with E-state index < -0.39 is 0 Å². The molecule has 20 heavy (non-hydrogen) atoms. The second kappa shape index (κ2) is 6.05. The van der Waals surface area contributed by atoms with Gasteiger partial charge in [0.25, 0.3) is 0 Å². The van der Waals surface area contributed by atoms with E-state index in [-0.39, 0.29) is 35.5 Å². The van der Waals surface area contributed by atoms with Crippen LogP contribution in [-0.2, 0) is 4.79 Å². The average Bonchev–Trinajstić information content (AvgIpc) is 2.43. The number of aromatic hydroxyl groups is 2. The van der Waals surface area contributed by atoms with Gasteiger partial charge < -0.3 is 10.2 Å². The number of benzene rings is 1. The molecule has 1 aliphatic heterocycles. The molecule has 1 aliphatic rings. The van der Waals surface area contributed by atoms with Crippen LogP contribution in [0.5, 0.6) is 11.5 Å². The molecule has 1 unspecified atom stereocenters. The molecule has 108 valence electrons. The van der Waals surface area contributed by atoms with E-state index in [1.807, 2.05) is 11.8 Å². The highest BCUT2D eigenvalue weighted by atomic mass is 16.3. The van der Waals surface area contributed by atoms with Crippen LogP contribution in [-0.4, -0.2) is 46.3 Å². The van der Waals surface area contributed by atoms with Crippen LogP contribution in [0.25, 0.3) is 0 Å². The van der Waals surface area contributed by atoms with Gasteiger partial charge in [-0.3, -0.25) is 14.5 Å². The first-order valence-corrected chi connectivity index (χ1v) is 6.81. The molecule has 5 heteroatoms. The molecule has 0 aromatic heterocycles. The number of likely N-dealkylation sites (tertiary alicyclic amines) is 1. The van der Waals surface area contributed by atoms with Crippen LogP contribution in [0, 0.1) is 5.92 Å². The van der Waals surface area contributed by atoms with E-state index in [0.29, 0.717) is 25.1 Å². The molecule has 1 saturated heterocycles. The number of ketones is 2. The number of carbonyl (C=O) groups excluding carboxylic acids is 2. The molecule has 1 fully saturated rings. The highest BCUT2D eigenvalue weighted by Crippen LogP contribution is 2.25. The fourth-order valence-corrected chi connectivity index (χ4v) is 2.47. The number of Topliss-reactive ketones (excluding diaryl/α,β-unsaturated/α-hetero) is 2. The molecule has 0 bridgehead atoms. The molecule has 0 spiro atoms. The Balaban J connectivity index is 2.00. The second-order valence-electron chi connectivity index (χ2n) is 5.18. The zero-order valence-electron chi connectivity index (χ0n) is 11.5. The Kier molecular flexibility index (Phi) is 4.39. The van der Waals surface area contributed by atoms with Gasteiger partial charge in [-0.25, -0.2) is 0 Å². The van der Waals surface area contributed by atoms with E-state index >= 15 is 0 Å². The molecule has 1 heterocycles. The van der Waals surface area contributed by atoms with E-state index in [1.54, 1.807) is 0 Å². The van der Waals surface area contributed by atoms with Crippen molar-refractivity contribution in [3.8, 4) is 11.5 Å². The Labute approximate surface area is 117 Å². The molecular formula is C15H19NO4. The van der Waals surface area contributed by atoms with Gasteiger partial charge in [-0.2, -0.15) is 0 Å². The molecule has 0 aliphatic carbocycles. The fraction of sp³-hybridized carbons (Fsp3) is 0.467. The molecule has 1 atom stereocenters. The van der Waals surface area contributed by atoms with Crippen LogP contribution < -0.4 is 0 Å². The third-order valence-corrected chi connectivity index (χ3v) is 3.77. The van der Waals surface area contributed by atoms with Crippen LogP contribution in [0.2, 0.25) is 0 Å². The predicted molar refractivity (Wildman–Crippen MR) is 73.9 cm³/mol. The number of hydrogen-bond donors (Lipinski definition) is 2. The number of hydrogen-bond acceptors (Lipinski definition) is 5. The van der Waals surface area contributed by atoms with Crippen LogP contribution in [0.4, 0.5) is 0 Å². The van der Waals surface area contributed by atoms with Gasteiger partial charge in [0, 0.05) is 31.0 Å². The molecule has 1 aromatic carbocycles. The van der Waals surface area contributed by atoms with Gasteiger partial charge in [-0.15, -0.1) is 0 Å². The minimum absolute atomic E-state index is 0.0183. The van der Waals surface area contributed by atoms with Gasteiger partial charge in [0.05, 0.1) is 6.54 Å². The van der Waals surface area contributed by atoms with Gasteiger partial charge in [-0.1, -0.05) is 6.92 Å². The summed E-state index contributed by atoms with van der Waals surface area (Å²) < 4.78 is 0. The van der Waals surface area contributed by atoms with Crippen molar-refractivity contribution < 1.29 is 19.8 Å². The van der Waals surface area contributed by atoms with Gasteiger partial charge in [0.2, 0.25) is 0 Å². The third kappa shape index (κ3) is 3.17. The maximum absolute atomic E-state index is 12.1. The van der Waals surface area contributed by atoms with Crippen LogP contribution in [0.1, 0.15) is 30.1 Å². The van der Waals surface area contributed by atoms with E-state index in [4.69, 9.17) is 0 Å². The minimum atomic E-state index is -0.295. The van der Waals surface area contributed by atoms with Gasteiger partial charge >= 0.3 is 0 Å². The second-order valence-corrected chi connectivity index (χ2v) is 5.18. The lowest BCUT2D eigenvalue weighted by atomic mass is 9.94. The molecule has 0 radical (unpaired) electrons. The lowest BCUT2D eigenvalue weighted by Crippen LogP contribution is -2.42. The molecule has 1 aromatic rings. The van der Waals surface area contributed by atoms with Gasteiger partial charge in [-0.05, 0) is 24.6 Å². The molecule has 0 amide bonds. The van der Waals surface area contributed by atoms with Crippen molar-refractivity contribution in [3.05, 3.63) is 23.8 Å². The number of nitrogens with zero attached hydrogens (tertiary/aromatic N) is 1. The molecule has 2 N–H and O–H groups in total. The molecule has 0 saturated carbocycles. The van der Waals surface area contributed by atoms with E-state index in [1.165, 1.54) is 18.2 Å². The summed E-state index contributed by atoms with van der Waals surface area (Å²) in [6.07, 6.45) is 1.29. The number of phenolic OH excluding ortho intramolecular Hbond substituents is 2. The minimum Gasteiger partial charge on any atom is -0.504 e. The summed E-state index contributed by atoms with van der Waals surface area (Å²) in [6.45, 7) is 3.43. The van der Waals surface area contributed by atoms with Crippen LogP contribution in [0.3, 0.4) is 0 Å².